The van der Waals surface area contributed by atoms with Gasteiger partial charge in [0, 0.05) is 54.7 Å². The molecule has 0 N–H and O–H groups in total. The molecule has 0 atom stereocenters. The van der Waals surface area contributed by atoms with Crippen molar-refractivity contribution in [3.05, 3.63) is 193 Å². The zero-order chi connectivity index (χ0) is 47.8. The molecule has 0 spiro atoms. The van der Waals surface area contributed by atoms with Crippen molar-refractivity contribution in [2.24, 2.45) is 0 Å². The van der Waals surface area contributed by atoms with Crippen LogP contribution in [0.25, 0.3) is 137 Å². The molecular weight excluding hydrogens is 870 g/mol. The van der Waals surface area contributed by atoms with Crippen LogP contribution in [0.1, 0.15) is 52.7 Å². The molecule has 0 bridgehead atoms. The first-order valence-electron chi connectivity index (χ1n) is 25.8. The molecule has 4 heteroatoms. The van der Waals surface area contributed by atoms with Crippen molar-refractivity contribution in [3.8, 4) is 39.3 Å². The molecule has 2 aliphatic heterocycles. The van der Waals surface area contributed by atoms with Gasteiger partial charge in [0.25, 0.3) is 6.71 Å². The molecule has 5 heterocycles. The van der Waals surface area contributed by atoms with Gasteiger partial charge in [-0.05, 0) is 154 Å². The van der Waals surface area contributed by atoms with Gasteiger partial charge in [0.2, 0.25) is 0 Å². The van der Waals surface area contributed by atoms with E-state index in [1.54, 1.807) is 0 Å². The number of benzene rings is 11. The van der Waals surface area contributed by atoms with Crippen LogP contribution in [0.2, 0.25) is 0 Å². The van der Waals surface area contributed by atoms with Gasteiger partial charge < -0.3 is 13.7 Å². The third kappa shape index (κ3) is 4.75. The van der Waals surface area contributed by atoms with E-state index in [1.807, 2.05) is 0 Å². The van der Waals surface area contributed by atoms with Gasteiger partial charge in [0.1, 0.15) is 0 Å². The molecule has 0 saturated heterocycles. The van der Waals surface area contributed by atoms with Crippen LogP contribution in [-0.4, -0.2) is 20.4 Å². The summed E-state index contributed by atoms with van der Waals surface area (Å²) >= 11 is 0. The Morgan fingerprint density at radius 2 is 0.903 bits per heavy atom. The summed E-state index contributed by atoms with van der Waals surface area (Å²) in [5.41, 5.74) is 23.3. The third-order valence-corrected chi connectivity index (χ3v) is 17.4. The van der Waals surface area contributed by atoms with Gasteiger partial charge in [-0.15, -0.1) is 0 Å². The maximum Gasteiger partial charge on any atom is 0.253 e. The van der Waals surface area contributed by atoms with E-state index in [1.165, 1.54) is 165 Å². The molecule has 72 heavy (non-hydrogen) atoms. The Morgan fingerprint density at radius 3 is 1.67 bits per heavy atom. The molecular formula is C68H48BN3. The van der Waals surface area contributed by atoms with Gasteiger partial charge in [-0.3, -0.25) is 0 Å². The lowest BCUT2D eigenvalue weighted by atomic mass is 9.33. The minimum atomic E-state index is -0.0769. The van der Waals surface area contributed by atoms with E-state index in [-0.39, 0.29) is 17.5 Å². The second-order valence-electron chi connectivity index (χ2n) is 23.3. The smallest absolute Gasteiger partial charge is 0.253 e. The van der Waals surface area contributed by atoms with Crippen molar-refractivity contribution < 1.29 is 0 Å². The predicted molar refractivity (Wildman–Crippen MR) is 308 cm³/mol. The largest absolute Gasteiger partial charge is 0.310 e. The second kappa shape index (κ2) is 12.9. The lowest BCUT2D eigenvalue weighted by Gasteiger charge is -2.35. The monoisotopic (exact) mass is 917 g/mol. The van der Waals surface area contributed by atoms with E-state index < -0.39 is 0 Å². The van der Waals surface area contributed by atoms with Crippen LogP contribution in [0.15, 0.2) is 182 Å². The van der Waals surface area contributed by atoms with Gasteiger partial charge in [-0.1, -0.05) is 163 Å². The number of hydrogen-bond donors (Lipinski definition) is 0. The molecule has 0 saturated carbocycles. The van der Waals surface area contributed by atoms with Crippen LogP contribution < -0.4 is 16.4 Å². The zero-order valence-corrected chi connectivity index (χ0v) is 41.2. The van der Waals surface area contributed by atoms with Gasteiger partial charge in [-0.2, -0.15) is 0 Å². The molecule has 3 nitrogen and oxygen atoms in total. The topological polar surface area (TPSA) is 14.8 Å². The summed E-state index contributed by atoms with van der Waals surface area (Å²) in [7, 11) is 0. The van der Waals surface area contributed by atoms with Gasteiger partial charge in [-0.25, -0.2) is 0 Å². The van der Waals surface area contributed by atoms with Crippen molar-refractivity contribution >= 4 is 121 Å². The SMILES string of the molecule is CC(C)(C)c1ccc2c(c1)c1cc3ccccc3c3c1n2-c1cc(-n2c4cccc5c4c4c6c(cccc6ccc42)-c2ccccc2-5)cc2c1B3c1cc(C(C)(C)C)cc3c4cc5ccccc5cc4n-2c13. The summed E-state index contributed by atoms with van der Waals surface area (Å²) in [4.78, 5) is 0. The maximum atomic E-state index is 2.68. The van der Waals surface area contributed by atoms with Crippen molar-refractivity contribution in [2.75, 3.05) is 0 Å². The Morgan fingerprint density at radius 1 is 0.333 bits per heavy atom. The highest BCUT2D eigenvalue weighted by atomic mass is 15.1. The van der Waals surface area contributed by atoms with Crippen LogP contribution in [0.3, 0.4) is 0 Å². The van der Waals surface area contributed by atoms with Gasteiger partial charge in [0.15, 0.2) is 0 Å². The summed E-state index contributed by atoms with van der Waals surface area (Å²) < 4.78 is 7.97. The third-order valence-electron chi connectivity index (χ3n) is 17.4. The first-order valence-corrected chi connectivity index (χ1v) is 25.8. The van der Waals surface area contributed by atoms with E-state index in [9.17, 15) is 0 Å². The number of fused-ring (bicyclic) bond motifs is 16. The first-order chi connectivity index (χ1) is 35.0. The first kappa shape index (κ1) is 39.4. The highest BCUT2D eigenvalue weighted by Crippen LogP contribution is 2.51. The van der Waals surface area contributed by atoms with E-state index in [2.05, 4.69) is 237 Å². The number of aromatic nitrogens is 3. The van der Waals surface area contributed by atoms with Crippen molar-refractivity contribution in [1.29, 1.82) is 0 Å². The summed E-state index contributed by atoms with van der Waals surface area (Å²) in [6, 6.07) is 70.8. The highest BCUT2D eigenvalue weighted by Gasteiger charge is 2.43. The average molecular weight is 918 g/mol. The quantitative estimate of drug-likeness (QED) is 0.146. The minimum Gasteiger partial charge on any atom is -0.310 e. The van der Waals surface area contributed by atoms with E-state index in [0.29, 0.717) is 0 Å². The Balaban J connectivity index is 1.11. The van der Waals surface area contributed by atoms with E-state index in [4.69, 9.17) is 0 Å². The van der Waals surface area contributed by atoms with Gasteiger partial charge in [0.05, 0.1) is 27.8 Å². The number of hydrogen-bond acceptors (Lipinski definition) is 0. The second-order valence-corrected chi connectivity index (χ2v) is 23.3. The molecule has 3 aliphatic rings. The van der Waals surface area contributed by atoms with Crippen molar-refractivity contribution in [1.82, 2.24) is 13.7 Å². The molecule has 0 unspecified atom stereocenters. The lowest BCUT2D eigenvalue weighted by molar-refractivity contribution is 0.591. The molecule has 11 aromatic carbocycles. The maximum absolute atomic E-state index is 2.68. The Bertz CT molecular complexity index is 4880. The molecule has 3 aromatic heterocycles. The molecule has 338 valence electrons. The standard InChI is InChI=1S/C68H48BN3/c1-67(2,3)41-26-28-54-50(32-41)51-30-40-17-9-10-19-44(40)63-66(51)71(54)58-35-43(70-55-24-14-23-48-46-21-12-11-20-45(46)47-22-13-18-37-25-27-56(70)62(60(37)47)61(48)55)36-59-64(58)69(63)53-34-42(68(4,5)6)33-52-49-29-38-15-7-8-16-39(38)31-57(49)72(59)65(52)53/h7-36H,1-6H3. The van der Waals surface area contributed by atoms with Crippen molar-refractivity contribution in [3.63, 3.8) is 0 Å². The summed E-state index contributed by atoms with van der Waals surface area (Å²) in [5.74, 6) is 0. The fourth-order valence-corrected chi connectivity index (χ4v) is 14.1. The molecule has 14 aromatic rings. The fraction of sp³-hybridized carbons (Fsp3) is 0.118. The van der Waals surface area contributed by atoms with Crippen LogP contribution in [0, 0.1) is 0 Å². The minimum absolute atomic E-state index is 0.0115. The number of nitrogens with zero attached hydrogens (tertiary/aromatic N) is 3. The number of rotatable bonds is 1. The molecule has 0 radical (unpaired) electrons. The fourth-order valence-electron chi connectivity index (χ4n) is 14.1. The van der Waals surface area contributed by atoms with Crippen LogP contribution in [0.4, 0.5) is 0 Å². The molecule has 0 fully saturated rings. The lowest BCUT2D eigenvalue weighted by Crippen LogP contribution is -2.59. The Hall–Kier alpha value is -8.34. The van der Waals surface area contributed by atoms with Crippen LogP contribution in [-0.2, 0) is 10.8 Å². The van der Waals surface area contributed by atoms with Crippen LogP contribution >= 0.6 is 0 Å². The average Bonchev–Trinajstić information content (AvgIpc) is 3.99. The molecule has 0 amide bonds. The Kier molecular flexibility index (Phi) is 7.08. The zero-order valence-electron chi connectivity index (χ0n) is 41.2. The summed E-state index contributed by atoms with van der Waals surface area (Å²) in [6.45, 7) is 14.1. The molecule has 1 aliphatic carbocycles. The predicted octanol–water partition coefficient (Wildman–Crippen LogP) is 15.8. The summed E-state index contributed by atoms with van der Waals surface area (Å²) in [6.07, 6.45) is 0. The van der Waals surface area contributed by atoms with E-state index in [0.717, 1.165) is 0 Å². The Labute approximate surface area is 417 Å². The van der Waals surface area contributed by atoms with Crippen LogP contribution in [0.5, 0.6) is 0 Å². The highest BCUT2D eigenvalue weighted by molar-refractivity contribution is 7.01. The van der Waals surface area contributed by atoms with Crippen molar-refractivity contribution in [2.45, 2.75) is 52.4 Å². The normalized spacial score (nSPS) is 13.7. The van der Waals surface area contributed by atoms with E-state index >= 15 is 0 Å². The molecule has 17 rings (SSSR count). The summed E-state index contributed by atoms with van der Waals surface area (Å²) in [5, 5.41) is 15.7. The van der Waals surface area contributed by atoms with Gasteiger partial charge >= 0.3 is 0 Å².